The number of nitrogens with two attached hydrogens (primary N) is 1. The van der Waals surface area contributed by atoms with Crippen molar-refractivity contribution in [3.63, 3.8) is 0 Å². The van der Waals surface area contributed by atoms with Gasteiger partial charge in [0, 0.05) is 22.4 Å². The van der Waals surface area contributed by atoms with Gasteiger partial charge in [0.25, 0.3) is 11.8 Å². The second-order valence-corrected chi connectivity index (χ2v) is 6.85. The van der Waals surface area contributed by atoms with Gasteiger partial charge in [-0.15, -0.1) is 0 Å². The normalized spacial score (nSPS) is 12.7. The summed E-state index contributed by atoms with van der Waals surface area (Å²) in [6.45, 7) is 2.92. The van der Waals surface area contributed by atoms with Crippen LogP contribution in [0.25, 0.3) is 0 Å². The summed E-state index contributed by atoms with van der Waals surface area (Å²) in [7, 11) is 0. The number of amides is 3. The van der Waals surface area contributed by atoms with E-state index in [-0.39, 0.29) is 18.9 Å². The van der Waals surface area contributed by atoms with E-state index in [1.165, 1.54) is 24.5 Å². The van der Waals surface area contributed by atoms with Crippen molar-refractivity contribution in [2.45, 2.75) is 39.5 Å². The highest BCUT2D eigenvalue weighted by atomic mass is 16.5. The third kappa shape index (κ3) is 7.52. The molecule has 0 aliphatic heterocycles. The summed E-state index contributed by atoms with van der Waals surface area (Å²) < 4.78 is 0. The molecule has 170 valence electrons. The van der Waals surface area contributed by atoms with Gasteiger partial charge < -0.3 is 21.5 Å². The van der Waals surface area contributed by atoms with Crippen molar-refractivity contribution in [2.24, 2.45) is 5.73 Å². The van der Waals surface area contributed by atoms with E-state index in [4.69, 9.17) is 10.9 Å². The molecule has 9 heteroatoms. The fourth-order valence-electron chi connectivity index (χ4n) is 2.44. The first-order valence-electron chi connectivity index (χ1n) is 9.42. The maximum Gasteiger partial charge on any atom is 0.268 e. The fourth-order valence-corrected chi connectivity index (χ4v) is 2.44. The van der Waals surface area contributed by atoms with Crippen molar-refractivity contribution in [3.05, 3.63) is 65.2 Å². The lowest BCUT2D eigenvalue weighted by Gasteiger charge is -2.19. The molecule has 0 saturated carbocycles. The molecule has 0 aliphatic carbocycles. The molecule has 0 fully saturated rings. The van der Waals surface area contributed by atoms with Crippen LogP contribution in [-0.2, 0) is 9.59 Å². The molecular weight excluding hydrogens is 412 g/mol. The predicted octanol–water partition coefficient (Wildman–Crippen LogP) is 0.993. The van der Waals surface area contributed by atoms with Crippen molar-refractivity contribution in [2.75, 3.05) is 5.32 Å². The van der Waals surface area contributed by atoms with Gasteiger partial charge in [-0.05, 0) is 62.4 Å². The standard InChI is InChI=1S/C22H24N4O5.CH4/c1-13(23)20(28)24-18-11-7-16(8-12-18)4-3-15-5-9-17(10-6-15)21(29)25-19(14(2)27)22(30)26-31;/h5-14,19,27,31H,23H2,1-2H3,(H,24,28)(H,25,29)(H,26,30);1H4/t13-,14+,19-;/m0./s1. The molecule has 2 aromatic carbocycles. The van der Waals surface area contributed by atoms with Crippen LogP contribution in [-0.4, -0.2) is 46.2 Å². The Balaban J connectivity index is 0.00000512. The predicted molar refractivity (Wildman–Crippen MR) is 121 cm³/mol. The van der Waals surface area contributed by atoms with Gasteiger partial charge in [0.15, 0.2) is 0 Å². The molecule has 0 aromatic heterocycles. The van der Waals surface area contributed by atoms with Gasteiger partial charge in [-0.3, -0.25) is 19.6 Å². The number of anilines is 1. The van der Waals surface area contributed by atoms with Gasteiger partial charge in [0.1, 0.15) is 6.04 Å². The number of hydrogen-bond donors (Lipinski definition) is 6. The highest BCUT2D eigenvalue weighted by Crippen LogP contribution is 2.10. The summed E-state index contributed by atoms with van der Waals surface area (Å²) in [5.41, 5.74) is 9.19. The molecule has 9 nitrogen and oxygen atoms in total. The maximum atomic E-state index is 12.3. The average molecular weight is 441 g/mol. The lowest BCUT2D eigenvalue weighted by Crippen LogP contribution is -2.51. The van der Waals surface area contributed by atoms with Crippen LogP contribution in [0.2, 0.25) is 0 Å². The molecule has 0 unspecified atom stereocenters. The van der Waals surface area contributed by atoms with E-state index in [0.29, 0.717) is 11.3 Å². The third-order valence-electron chi connectivity index (χ3n) is 4.23. The molecular formula is C23H28N4O5. The Labute approximate surface area is 187 Å². The van der Waals surface area contributed by atoms with E-state index >= 15 is 0 Å². The zero-order chi connectivity index (χ0) is 23.0. The molecule has 0 saturated heterocycles. The summed E-state index contributed by atoms with van der Waals surface area (Å²) in [5.74, 6) is 4.16. The molecule has 7 N–H and O–H groups in total. The van der Waals surface area contributed by atoms with Gasteiger partial charge >= 0.3 is 0 Å². The average Bonchev–Trinajstić information content (AvgIpc) is 2.76. The smallest absolute Gasteiger partial charge is 0.268 e. The molecule has 0 bridgehead atoms. The van der Waals surface area contributed by atoms with Crippen LogP contribution in [0, 0.1) is 11.8 Å². The number of aliphatic hydroxyl groups excluding tert-OH is 1. The lowest BCUT2D eigenvalue weighted by molar-refractivity contribution is -0.133. The van der Waals surface area contributed by atoms with Gasteiger partial charge in [-0.1, -0.05) is 19.3 Å². The van der Waals surface area contributed by atoms with E-state index in [0.717, 1.165) is 5.56 Å². The van der Waals surface area contributed by atoms with Crippen molar-refractivity contribution >= 4 is 23.4 Å². The largest absolute Gasteiger partial charge is 0.391 e. The van der Waals surface area contributed by atoms with E-state index in [1.54, 1.807) is 43.3 Å². The first kappa shape index (κ1) is 26.3. The van der Waals surface area contributed by atoms with Crippen LogP contribution in [0.15, 0.2) is 48.5 Å². The molecule has 2 aromatic rings. The number of hydroxylamine groups is 1. The number of benzene rings is 2. The minimum atomic E-state index is -1.29. The van der Waals surface area contributed by atoms with Gasteiger partial charge in [-0.25, -0.2) is 5.48 Å². The fraction of sp³-hybridized carbons (Fsp3) is 0.261. The Bertz CT molecular complexity index is 990. The zero-order valence-corrected chi connectivity index (χ0v) is 17.0. The van der Waals surface area contributed by atoms with Gasteiger partial charge in [0.2, 0.25) is 5.91 Å². The van der Waals surface area contributed by atoms with E-state index in [2.05, 4.69) is 22.5 Å². The summed E-state index contributed by atoms with van der Waals surface area (Å²) in [5, 5.41) is 23.3. The number of aliphatic hydroxyl groups is 1. The monoisotopic (exact) mass is 440 g/mol. The zero-order valence-electron chi connectivity index (χ0n) is 17.0. The van der Waals surface area contributed by atoms with Crippen molar-refractivity contribution in [3.8, 4) is 11.8 Å². The summed E-state index contributed by atoms with van der Waals surface area (Å²) >= 11 is 0. The molecule has 3 atom stereocenters. The van der Waals surface area contributed by atoms with Crippen molar-refractivity contribution in [1.29, 1.82) is 0 Å². The van der Waals surface area contributed by atoms with Crippen molar-refractivity contribution < 1.29 is 24.7 Å². The number of carbonyl (C=O) groups is 3. The van der Waals surface area contributed by atoms with Crippen LogP contribution < -0.4 is 21.8 Å². The number of rotatable bonds is 6. The SMILES string of the molecule is C.C[C@H](N)C(=O)Nc1ccc(C#Cc2ccc(C(=O)N[C@H](C(=O)NO)[C@@H](C)O)cc2)cc1. The maximum absolute atomic E-state index is 12.3. The van der Waals surface area contributed by atoms with E-state index in [1.807, 2.05) is 0 Å². The molecule has 0 spiro atoms. The Morgan fingerprint density at radius 3 is 1.84 bits per heavy atom. The first-order valence-corrected chi connectivity index (χ1v) is 9.42. The highest BCUT2D eigenvalue weighted by Gasteiger charge is 2.25. The number of hydrogen-bond acceptors (Lipinski definition) is 6. The number of carbonyl (C=O) groups excluding carboxylic acids is 3. The summed E-state index contributed by atoms with van der Waals surface area (Å²) in [6, 6.07) is 11.4. The van der Waals surface area contributed by atoms with Crippen LogP contribution >= 0.6 is 0 Å². The molecule has 0 heterocycles. The molecule has 32 heavy (non-hydrogen) atoms. The molecule has 2 rings (SSSR count). The van der Waals surface area contributed by atoms with Gasteiger partial charge in [0.05, 0.1) is 12.1 Å². The Kier molecular flexibility index (Phi) is 10.1. The topological polar surface area (TPSA) is 154 Å². The van der Waals surface area contributed by atoms with Crippen LogP contribution in [0.3, 0.4) is 0 Å². The number of nitrogens with one attached hydrogen (secondary N) is 3. The quantitative estimate of drug-likeness (QED) is 0.224. The Hall–Kier alpha value is -3.71. The third-order valence-corrected chi connectivity index (χ3v) is 4.23. The second-order valence-electron chi connectivity index (χ2n) is 6.85. The highest BCUT2D eigenvalue weighted by molar-refractivity contribution is 5.97. The molecule has 0 aliphatic rings. The van der Waals surface area contributed by atoms with Crippen molar-refractivity contribution in [1.82, 2.24) is 10.8 Å². The first-order chi connectivity index (χ1) is 14.7. The van der Waals surface area contributed by atoms with Crippen LogP contribution in [0.1, 0.15) is 42.8 Å². The minimum absolute atomic E-state index is 0. The van der Waals surface area contributed by atoms with E-state index < -0.39 is 30.0 Å². The molecule has 3 amide bonds. The summed E-state index contributed by atoms with van der Waals surface area (Å²) in [4.78, 5) is 35.4. The van der Waals surface area contributed by atoms with Crippen LogP contribution in [0.5, 0.6) is 0 Å². The lowest BCUT2D eigenvalue weighted by atomic mass is 10.1. The second kappa shape index (κ2) is 12.2. The van der Waals surface area contributed by atoms with E-state index in [9.17, 15) is 19.5 Å². The Morgan fingerprint density at radius 1 is 0.906 bits per heavy atom. The molecule has 0 radical (unpaired) electrons. The minimum Gasteiger partial charge on any atom is -0.391 e. The van der Waals surface area contributed by atoms with Crippen LogP contribution in [0.4, 0.5) is 5.69 Å². The summed E-state index contributed by atoms with van der Waals surface area (Å²) in [6.07, 6.45) is -1.19. The Morgan fingerprint density at radius 2 is 1.41 bits per heavy atom. The van der Waals surface area contributed by atoms with Gasteiger partial charge in [-0.2, -0.15) is 0 Å².